The summed E-state index contributed by atoms with van der Waals surface area (Å²) in [5.41, 5.74) is 1.67. The summed E-state index contributed by atoms with van der Waals surface area (Å²) in [6.45, 7) is 3.04. The Kier molecular flexibility index (Phi) is 5.31. The van der Waals surface area contributed by atoms with Gasteiger partial charge in [0.05, 0.1) is 18.2 Å². The number of aromatic nitrogens is 2. The number of halogens is 1. The second-order valence-corrected chi connectivity index (χ2v) is 6.78. The van der Waals surface area contributed by atoms with E-state index < -0.39 is 0 Å². The van der Waals surface area contributed by atoms with Gasteiger partial charge in [-0.05, 0) is 42.5 Å². The highest BCUT2D eigenvalue weighted by atomic mass is 19.1. The third kappa shape index (κ3) is 4.31. The molecule has 146 valence electrons. The summed E-state index contributed by atoms with van der Waals surface area (Å²) in [7, 11) is 0. The molecule has 1 aromatic heterocycles. The molecule has 0 bridgehead atoms. The lowest BCUT2D eigenvalue weighted by atomic mass is 10.1. The molecule has 0 N–H and O–H groups in total. The normalized spacial score (nSPS) is 14.6. The van der Waals surface area contributed by atoms with Crippen LogP contribution >= 0.6 is 0 Å². The molecular formula is C21H18FN5O2. The van der Waals surface area contributed by atoms with Gasteiger partial charge in [0.1, 0.15) is 5.82 Å². The van der Waals surface area contributed by atoms with E-state index in [9.17, 15) is 9.18 Å². The summed E-state index contributed by atoms with van der Waals surface area (Å²) >= 11 is 0. The van der Waals surface area contributed by atoms with Gasteiger partial charge in [-0.3, -0.25) is 9.69 Å². The first-order valence-electron chi connectivity index (χ1n) is 9.23. The predicted molar refractivity (Wildman–Crippen MR) is 102 cm³/mol. The van der Waals surface area contributed by atoms with Crippen LogP contribution < -0.4 is 0 Å². The number of benzene rings is 2. The fourth-order valence-electron chi connectivity index (χ4n) is 3.24. The first-order chi connectivity index (χ1) is 14.1. The summed E-state index contributed by atoms with van der Waals surface area (Å²) in [4.78, 5) is 21.0. The average molecular weight is 391 g/mol. The van der Waals surface area contributed by atoms with Crippen LogP contribution in [0.1, 0.15) is 21.7 Å². The number of carbonyl (C=O) groups excluding carboxylic acids is 1. The van der Waals surface area contributed by atoms with E-state index in [1.807, 2.05) is 0 Å². The molecule has 1 amide bonds. The smallest absolute Gasteiger partial charge is 0.257 e. The molecule has 1 aliphatic rings. The second kappa shape index (κ2) is 8.20. The van der Waals surface area contributed by atoms with E-state index in [4.69, 9.17) is 9.78 Å². The maximum Gasteiger partial charge on any atom is 0.257 e. The van der Waals surface area contributed by atoms with Crippen LogP contribution in [0.5, 0.6) is 0 Å². The highest BCUT2D eigenvalue weighted by Gasteiger charge is 2.23. The van der Waals surface area contributed by atoms with Crippen LogP contribution in [0.3, 0.4) is 0 Å². The maximum absolute atomic E-state index is 13.0. The van der Waals surface area contributed by atoms with E-state index >= 15 is 0 Å². The molecule has 2 aromatic carbocycles. The molecule has 1 saturated heterocycles. The van der Waals surface area contributed by atoms with Crippen molar-refractivity contribution in [3.05, 3.63) is 71.3 Å². The van der Waals surface area contributed by atoms with Gasteiger partial charge in [-0.2, -0.15) is 10.2 Å². The summed E-state index contributed by atoms with van der Waals surface area (Å²) in [5.74, 6) is 0.511. The van der Waals surface area contributed by atoms with Crippen molar-refractivity contribution in [2.75, 3.05) is 26.2 Å². The van der Waals surface area contributed by atoms with Crippen molar-refractivity contribution in [3.8, 4) is 17.5 Å². The lowest BCUT2D eigenvalue weighted by molar-refractivity contribution is 0.0624. The second-order valence-electron chi connectivity index (χ2n) is 6.78. The van der Waals surface area contributed by atoms with Gasteiger partial charge >= 0.3 is 0 Å². The van der Waals surface area contributed by atoms with Crippen molar-refractivity contribution in [2.45, 2.75) is 6.54 Å². The zero-order valence-electron chi connectivity index (χ0n) is 15.6. The largest absolute Gasteiger partial charge is 0.336 e. The monoisotopic (exact) mass is 391 g/mol. The number of carbonyl (C=O) groups is 1. The van der Waals surface area contributed by atoms with Crippen LogP contribution in [0, 0.1) is 17.1 Å². The number of amides is 1. The van der Waals surface area contributed by atoms with Gasteiger partial charge < -0.3 is 9.42 Å². The standard InChI is InChI=1S/C21H18FN5O2/c22-18-6-4-16(5-7-18)20-24-19(25-29-20)14-26-8-10-27(11-9-26)21(28)17-3-1-2-15(12-17)13-23/h1-7,12H,8-11,14H2. The zero-order chi connectivity index (χ0) is 20.2. The van der Waals surface area contributed by atoms with Gasteiger partial charge in [-0.15, -0.1) is 0 Å². The van der Waals surface area contributed by atoms with Crippen LogP contribution in [0.15, 0.2) is 53.1 Å². The minimum Gasteiger partial charge on any atom is -0.336 e. The molecule has 0 atom stereocenters. The highest BCUT2D eigenvalue weighted by Crippen LogP contribution is 2.18. The summed E-state index contributed by atoms with van der Waals surface area (Å²) in [6.07, 6.45) is 0. The van der Waals surface area contributed by atoms with Crippen molar-refractivity contribution >= 4 is 5.91 Å². The van der Waals surface area contributed by atoms with Crippen molar-refractivity contribution < 1.29 is 13.7 Å². The third-order valence-corrected chi connectivity index (χ3v) is 4.82. The maximum atomic E-state index is 13.0. The number of piperazine rings is 1. The van der Waals surface area contributed by atoms with E-state index in [1.165, 1.54) is 12.1 Å². The number of hydrogen-bond donors (Lipinski definition) is 0. The van der Waals surface area contributed by atoms with Crippen molar-refractivity contribution in [2.24, 2.45) is 0 Å². The molecule has 2 heterocycles. The van der Waals surface area contributed by atoms with E-state index in [2.05, 4.69) is 21.1 Å². The molecule has 1 aliphatic heterocycles. The Bertz CT molecular complexity index is 1050. The molecule has 7 nitrogen and oxygen atoms in total. The Labute approximate surface area is 167 Å². The fourth-order valence-corrected chi connectivity index (χ4v) is 3.24. The molecule has 8 heteroatoms. The van der Waals surface area contributed by atoms with E-state index in [-0.39, 0.29) is 11.7 Å². The molecular weight excluding hydrogens is 373 g/mol. The Hall–Kier alpha value is -3.57. The van der Waals surface area contributed by atoms with Gasteiger partial charge in [0.2, 0.25) is 0 Å². The van der Waals surface area contributed by atoms with Crippen LogP contribution in [0.2, 0.25) is 0 Å². The van der Waals surface area contributed by atoms with Crippen molar-refractivity contribution in [1.82, 2.24) is 19.9 Å². The minimum atomic E-state index is -0.319. The SMILES string of the molecule is N#Cc1cccc(C(=O)N2CCN(Cc3noc(-c4ccc(F)cc4)n3)CC2)c1. The summed E-state index contributed by atoms with van der Waals surface area (Å²) in [6, 6.07) is 14.7. The van der Waals surface area contributed by atoms with Crippen molar-refractivity contribution in [1.29, 1.82) is 5.26 Å². The van der Waals surface area contributed by atoms with E-state index in [1.54, 1.807) is 41.3 Å². The quantitative estimate of drug-likeness (QED) is 0.680. The Morgan fingerprint density at radius 1 is 1.14 bits per heavy atom. The molecule has 0 saturated carbocycles. The van der Waals surface area contributed by atoms with Gasteiger partial charge in [0.25, 0.3) is 11.8 Å². The van der Waals surface area contributed by atoms with Gasteiger partial charge in [0.15, 0.2) is 5.82 Å². The molecule has 29 heavy (non-hydrogen) atoms. The first-order valence-corrected chi connectivity index (χ1v) is 9.23. The lowest BCUT2D eigenvalue weighted by Crippen LogP contribution is -2.48. The Morgan fingerprint density at radius 2 is 1.90 bits per heavy atom. The molecule has 4 rings (SSSR count). The van der Waals surface area contributed by atoms with Gasteiger partial charge in [-0.1, -0.05) is 11.2 Å². The molecule has 0 spiro atoms. The topological polar surface area (TPSA) is 86.3 Å². The van der Waals surface area contributed by atoms with E-state index in [0.29, 0.717) is 61.1 Å². The summed E-state index contributed by atoms with van der Waals surface area (Å²) < 4.78 is 18.3. The number of rotatable bonds is 4. The van der Waals surface area contributed by atoms with Gasteiger partial charge in [-0.25, -0.2) is 4.39 Å². The molecule has 0 radical (unpaired) electrons. The number of nitrogens with zero attached hydrogens (tertiary/aromatic N) is 5. The zero-order valence-corrected chi connectivity index (χ0v) is 15.6. The van der Waals surface area contributed by atoms with E-state index in [0.717, 1.165) is 0 Å². The Morgan fingerprint density at radius 3 is 2.62 bits per heavy atom. The molecule has 0 aliphatic carbocycles. The number of hydrogen-bond acceptors (Lipinski definition) is 6. The minimum absolute atomic E-state index is 0.0695. The van der Waals surface area contributed by atoms with Crippen LogP contribution in [0.4, 0.5) is 4.39 Å². The number of nitriles is 1. The van der Waals surface area contributed by atoms with Crippen LogP contribution in [-0.4, -0.2) is 52.0 Å². The molecule has 1 fully saturated rings. The van der Waals surface area contributed by atoms with Crippen LogP contribution in [0.25, 0.3) is 11.5 Å². The van der Waals surface area contributed by atoms with Crippen LogP contribution in [-0.2, 0) is 6.54 Å². The Balaban J connectivity index is 1.34. The molecule has 0 unspecified atom stereocenters. The van der Waals surface area contributed by atoms with Gasteiger partial charge in [0, 0.05) is 37.3 Å². The predicted octanol–water partition coefficient (Wildman–Crippen LogP) is 2.71. The lowest BCUT2D eigenvalue weighted by Gasteiger charge is -2.34. The first kappa shape index (κ1) is 18.8. The highest BCUT2D eigenvalue weighted by molar-refractivity contribution is 5.94. The van der Waals surface area contributed by atoms with Crippen molar-refractivity contribution in [3.63, 3.8) is 0 Å². The molecule has 3 aromatic rings. The third-order valence-electron chi connectivity index (χ3n) is 4.82. The average Bonchev–Trinajstić information content (AvgIpc) is 3.23. The summed E-state index contributed by atoms with van der Waals surface area (Å²) in [5, 5.41) is 13.0. The fraction of sp³-hybridized carbons (Fsp3) is 0.238.